The molecule has 0 bridgehead atoms. The average molecular weight is 376 g/mol. The summed E-state index contributed by atoms with van der Waals surface area (Å²) >= 11 is 0. The van der Waals surface area contributed by atoms with Gasteiger partial charge in [0.15, 0.2) is 0 Å². The van der Waals surface area contributed by atoms with E-state index in [0.717, 1.165) is 38.3 Å². The van der Waals surface area contributed by atoms with Crippen molar-refractivity contribution >= 4 is 5.69 Å². The van der Waals surface area contributed by atoms with Gasteiger partial charge in [0.2, 0.25) is 0 Å². The molecule has 0 N–H and O–H groups in total. The fraction of sp³-hybridized carbons (Fsp3) is 0.500. The van der Waals surface area contributed by atoms with E-state index < -0.39 is 11.7 Å². The third-order valence-electron chi connectivity index (χ3n) is 5.33. The molecule has 144 valence electrons. The Hall–Kier alpha value is -2.49. The lowest BCUT2D eigenvalue weighted by Gasteiger charge is -2.39. The minimum absolute atomic E-state index is 0.200. The molecule has 1 fully saturated rings. The van der Waals surface area contributed by atoms with Crippen LogP contribution in [0.4, 0.5) is 18.9 Å². The lowest BCUT2D eigenvalue weighted by molar-refractivity contribution is -0.137. The lowest BCUT2D eigenvalue weighted by Crippen LogP contribution is -2.39. The fourth-order valence-corrected chi connectivity index (χ4v) is 4.10. The van der Waals surface area contributed by atoms with E-state index >= 15 is 0 Å². The Balaban J connectivity index is 1.81. The number of alkyl halides is 3. The summed E-state index contributed by atoms with van der Waals surface area (Å²) in [6, 6.07) is 5.90. The van der Waals surface area contributed by atoms with Crippen molar-refractivity contribution in [1.29, 1.82) is 5.26 Å². The molecule has 0 radical (unpaired) electrons. The minimum Gasteiger partial charge on any atom is -0.369 e. The van der Waals surface area contributed by atoms with Crippen molar-refractivity contribution in [3.63, 3.8) is 0 Å². The van der Waals surface area contributed by atoms with E-state index in [2.05, 4.69) is 14.5 Å². The van der Waals surface area contributed by atoms with E-state index in [9.17, 15) is 13.2 Å². The summed E-state index contributed by atoms with van der Waals surface area (Å²) in [5.41, 5.74) is -0.646. The summed E-state index contributed by atoms with van der Waals surface area (Å²) in [6.07, 6.45) is 5.05. The van der Waals surface area contributed by atoms with Crippen LogP contribution in [0.25, 0.3) is 0 Å². The number of anilines is 1. The van der Waals surface area contributed by atoms with Crippen molar-refractivity contribution < 1.29 is 13.2 Å². The molecule has 0 aliphatic heterocycles. The van der Waals surface area contributed by atoms with Crippen LogP contribution in [0.2, 0.25) is 0 Å². The zero-order chi connectivity index (χ0) is 19.4. The Morgan fingerprint density at radius 1 is 1.33 bits per heavy atom. The number of halogens is 3. The van der Waals surface area contributed by atoms with Crippen LogP contribution in [0.1, 0.15) is 43.7 Å². The Kier molecular flexibility index (Phi) is 5.73. The molecule has 7 heteroatoms. The van der Waals surface area contributed by atoms with Gasteiger partial charge in [-0.05, 0) is 50.3 Å². The summed E-state index contributed by atoms with van der Waals surface area (Å²) < 4.78 is 42.0. The summed E-state index contributed by atoms with van der Waals surface area (Å²) in [5.74, 6) is 0.479. The summed E-state index contributed by atoms with van der Waals surface area (Å²) in [7, 11) is 0. The molecule has 0 saturated heterocycles. The van der Waals surface area contributed by atoms with Crippen LogP contribution in [0.15, 0.2) is 36.9 Å². The molecule has 2 atom stereocenters. The second-order valence-corrected chi connectivity index (χ2v) is 7.07. The van der Waals surface area contributed by atoms with E-state index in [1.165, 1.54) is 6.07 Å². The number of rotatable bonds is 5. The van der Waals surface area contributed by atoms with Crippen LogP contribution in [0, 0.1) is 17.2 Å². The molecule has 1 aliphatic rings. The van der Waals surface area contributed by atoms with Crippen LogP contribution in [0.3, 0.4) is 0 Å². The highest BCUT2D eigenvalue weighted by atomic mass is 19.4. The zero-order valence-electron chi connectivity index (χ0n) is 15.3. The van der Waals surface area contributed by atoms with Crippen LogP contribution in [-0.4, -0.2) is 22.1 Å². The molecule has 2 aromatic rings. The molecule has 1 aliphatic carbocycles. The molecule has 1 heterocycles. The Labute approximate surface area is 157 Å². The van der Waals surface area contributed by atoms with Gasteiger partial charge in [0.05, 0.1) is 23.5 Å². The predicted molar refractivity (Wildman–Crippen MR) is 97.2 cm³/mol. The third kappa shape index (κ3) is 4.44. The van der Waals surface area contributed by atoms with E-state index in [4.69, 9.17) is 5.26 Å². The highest BCUT2D eigenvalue weighted by Crippen LogP contribution is 2.37. The lowest BCUT2D eigenvalue weighted by atomic mass is 9.84. The molecule has 3 rings (SSSR count). The van der Waals surface area contributed by atoms with Crippen molar-refractivity contribution in [3.05, 3.63) is 48.0 Å². The van der Waals surface area contributed by atoms with Crippen molar-refractivity contribution in [2.75, 3.05) is 11.4 Å². The van der Waals surface area contributed by atoms with Crippen molar-refractivity contribution in [3.8, 4) is 6.07 Å². The van der Waals surface area contributed by atoms with E-state index in [1.807, 2.05) is 13.1 Å². The van der Waals surface area contributed by atoms with E-state index in [1.54, 1.807) is 24.7 Å². The molecular formula is C20H23F3N4. The number of hydrogen-bond donors (Lipinski definition) is 0. The molecule has 0 spiro atoms. The maximum absolute atomic E-state index is 13.3. The maximum Gasteiger partial charge on any atom is 0.417 e. The summed E-state index contributed by atoms with van der Waals surface area (Å²) in [6.45, 7) is 3.48. The van der Waals surface area contributed by atoms with Gasteiger partial charge < -0.3 is 9.47 Å². The maximum atomic E-state index is 13.3. The van der Waals surface area contributed by atoms with Crippen LogP contribution >= 0.6 is 0 Å². The van der Waals surface area contributed by atoms with Crippen molar-refractivity contribution in [2.24, 2.45) is 5.92 Å². The molecule has 1 saturated carbocycles. The standard InChI is InChI=1S/C20H23F3N4/c1-2-27(18-7-6-16(12-24)19(11-18)20(21,22)23)17-5-3-4-15(10-17)13-26-9-8-25-14-26/h6-9,11,14-15,17H,2-5,10,13H2,1H3/t15-,17+/m1/s1. The minimum atomic E-state index is -4.53. The van der Waals surface area contributed by atoms with Crippen molar-refractivity contribution in [2.45, 2.75) is 51.4 Å². The van der Waals surface area contributed by atoms with Gasteiger partial charge in [-0.3, -0.25) is 0 Å². The van der Waals surface area contributed by atoms with Crippen molar-refractivity contribution in [1.82, 2.24) is 9.55 Å². The molecule has 0 amide bonds. The predicted octanol–water partition coefficient (Wildman–Crippen LogP) is 4.86. The monoisotopic (exact) mass is 376 g/mol. The smallest absolute Gasteiger partial charge is 0.369 e. The van der Waals surface area contributed by atoms with Gasteiger partial charge in [-0.1, -0.05) is 6.42 Å². The average Bonchev–Trinajstić information content (AvgIpc) is 3.15. The number of nitrogens with zero attached hydrogens (tertiary/aromatic N) is 4. The van der Waals surface area contributed by atoms with Gasteiger partial charge in [0.1, 0.15) is 0 Å². The molecular weight excluding hydrogens is 353 g/mol. The third-order valence-corrected chi connectivity index (χ3v) is 5.33. The largest absolute Gasteiger partial charge is 0.417 e. The normalized spacial score (nSPS) is 20.3. The second-order valence-electron chi connectivity index (χ2n) is 7.07. The van der Waals surface area contributed by atoms with Gasteiger partial charge in [-0.15, -0.1) is 0 Å². The van der Waals surface area contributed by atoms with Gasteiger partial charge >= 0.3 is 6.18 Å². The first-order valence-electron chi connectivity index (χ1n) is 9.26. The number of imidazole rings is 1. The van der Waals surface area contributed by atoms with Gasteiger partial charge in [0, 0.05) is 37.2 Å². The summed E-state index contributed by atoms with van der Waals surface area (Å²) in [5, 5.41) is 9.00. The van der Waals surface area contributed by atoms with Crippen LogP contribution in [-0.2, 0) is 12.7 Å². The topological polar surface area (TPSA) is 44.9 Å². The zero-order valence-corrected chi connectivity index (χ0v) is 15.3. The van der Waals surface area contributed by atoms with Gasteiger partial charge in [-0.2, -0.15) is 18.4 Å². The highest BCUT2D eigenvalue weighted by molar-refractivity contribution is 5.55. The number of aromatic nitrogens is 2. The molecule has 1 aromatic carbocycles. The van der Waals surface area contributed by atoms with Gasteiger partial charge in [-0.25, -0.2) is 4.98 Å². The molecule has 0 unspecified atom stereocenters. The number of benzene rings is 1. The molecule has 4 nitrogen and oxygen atoms in total. The Morgan fingerprint density at radius 3 is 2.78 bits per heavy atom. The van der Waals surface area contributed by atoms with Crippen LogP contribution in [0.5, 0.6) is 0 Å². The highest BCUT2D eigenvalue weighted by Gasteiger charge is 2.35. The molecule has 1 aromatic heterocycles. The first-order chi connectivity index (χ1) is 12.9. The first-order valence-corrected chi connectivity index (χ1v) is 9.26. The fourth-order valence-electron chi connectivity index (χ4n) is 4.10. The quantitative estimate of drug-likeness (QED) is 0.749. The Morgan fingerprint density at radius 2 is 2.15 bits per heavy atom. The van der Waals surface area contributed by atoms with E-state index in [0.29, 0.717) is 18.2 Å². The van der Waals surface area contributed by atoms with Gasteiger partial charge in [0.25, 0.3) is 0 Å². The SMILES string of the molecule is CCN(c1ccc(C#N)c(C(F)(F)F)c1)[C@H]1CCC[C@@H](Cn2ccnc2)C1. The van der Waals surface area contributed by atoms with Crippen LogP contribution < -0.4 is 4.90 Å². The number of hydrogen-bond acceptors (Lipinski definition) is 3. The number of nitriles is 1. The summed E-state index contributed by atoms with van der Waals surface area (Å²) in [4.78, 5) is 6.13. The Bertz CT molecular complexity index is 793. The molecule has 27 heavy (non-hydrogen) atoms. The van der Waals surface area contributed by atoms with E-state index in [-0.39, 0.29) is 11.6 Å². The second kappa shape index (κ2) is 8.03. The first kappa shape index (κ1) is 19.3.